The molecule has 0 aromatic heterocycles. The number of nitrogens with one attached hydrogen (secondary N) is 1. The molecule has 1 saturated heterocycles. The minimum absolute atomic E-state index is 0.148. The molecule has 0 unspecified atom stereocenters. The zero-order valence-electron chi connectivity index (χ0n) is 17.1. The zero-order chi connectivity index (χ0) is 21.5. The Morgan fingerprint density at radius 3 is 1.63 bits per heavy atom. The fourth-order valence-electron chi connectivity index (χ4n) is 2.88. The van der Waals surface area contributed by atoms with Gasteiger partial charge in [-0.3, -0.25) is 29.3 Å². The van der Waals surface area contributed by atoms with E-state index in [9.17, 15) is 24.0 Å². The molecule has 27 heavy (non-hydrogen) atoms. The predicted octanol–water partition coefficient (Wildman–Crippen LogP) is 2.74. The number of rotatable bonds is 3. The molecule has 1 fully saturated rings. The van der Waals surface area contributed by atoms with E-state index in [1.807, 2.05) is 13.8 Å². The molecule has 0 atom stereocenters. The highest BCUT2D eigenvalue weighted by Crippen LogP contribution is 2.38. The van der Waals surface area contributed by atoms with Crippen LogP contribution in [-0.4, -0.2) is 34.5 Å². The van der Waals surface area contributed by atoms with Gasteiger partial charge >= 0.3 is 5.97 Å². The molecule has 2 aliphatic rings. The van der Waals surface area contributed by atoms with Crippen LogP contribution in [0.15, 0.2) is 22.3 Å². The fourth-order valence-corrected chi connectivity index (χ4v) is 2.88. The first-order valence-corrected chi connectivity index (χ1v) is 8.91. The molecule has 1 aliphatic heterocycles. The van der Waals surface area contributed by atoms with Crippen LogP contribution >= 0.6 is 0 Å². The summed E-state index contributed by atoms with van der Waals surface area (Å²) in [5.74, 6) is -1.66. The van der Waals surface area contributed by atoms with E-state index in [4.69, 9.17) is 5.11 Å². The molecule has 7 nitrogen and oxygen atoms in total. The molecule has 2 rings (SSSR count). The number of aliphatic carboxylic acids is 1. The monoisotopic (exact) mass is 379 g/mol. The molecule has 0 spiro atoms. The van der Waals surface area contributed by atoms with Crippen molar-refractivity contribution in [2.45, 2.75) is 67.7 Å². The lowest BCUT2D eigenvalue weighted by Crippen LogP contribution is -2.31. The van der Waals surface area contributed by atoms with Gasteiger partial charge in [0.05, 0.1) is 6.42 Å². The smallest absolute Gasteiger partial charge is 0.304 e. The Bertz CT molecular complexity index is 711. The van der Waals surface area contributed by atoms with Gasteiger partial charge in [-0.1, -0.05) is 27.7 Å². The van der Waals surface area contributed by atoms with Crippen LogP contribution in [0.5, 0.6) is 0 Å². The van der Waals surface area contributed by atoms with Gasteiger partial charge in [-0.15, -0.1) is 0 Å². The maximum Gasteiger partial charge on any atom is 0.304 e. The molecule has 2 N–H and O–H groups in total. The van der Waals surface area contributed by atoms with Crippen molar-refractivity contribution in [3.63, 3.8) is 0 Å². The van der Waals surface area contributed by atoms with Gasteiger partial charge in [0.25, 0.3) is 0 Å². The second kappa shape index (κ2) is 9.94. The summed E-state index contributed by atoms with van der Waals surface area (Å²) in [6.07, 6.45) is 0.572. The van der Waals surface area contributed by atoms with Crippen LogP contribution in [0.2, 0.25) is 0 Å². The van der Waals surface area contributed by atoms with Crippen molar-refractivity contribution in [3.8, 4) is 0 Å². The van der Waals surface area contributed by atoms with Crippen molar-refractivity contribution in [3.05, 3.63) is 22.3 Å². The average molecular weight is 379 g/mol. The molecule has 0 bridgehead atoms. The van der Waals surface area contributed by atoms with Gasteiger partial charge in [-0.05, 0) is 20.8 Å². The highest BCUT2D eigenvalue weighted by atomic mass is 16.4. The first kappa shape index (κ1) is 24.4. The number of carbonyl (C=O) groups is 5. The summed E-state index contributed by atoms with van der Waals surface area (Å²) in [6, 6.07) is 0. The lowest BCUT2D eigenvalue weighted by molar-refractivity contribution is -0.139. The quantitative estimate of drug-likeness (QED) is 0.575. The van der Waals surface area contributed by atoms with Crippen LogP contribution in [0.3, 0.4) is 0 Å². The van der Waals surface area contributed by atoms with Crippen LogP contribution in [0.25, 0.3) is 0 Å². The van der Waals surface area contributed by atoms with Crippen molar-refractivity contribution in [1.29, 1.82) is 0 Å². The van der Waals surface area contributed by atoms with E-state index in [0.717, 1.165) is 0 Å². The van der Waals surface area contributed by atoms with E-state index in [2.05, 4.69) is 5.32 Å². The fraction of sp³-hybridized carbons (Fsp3) is 0.550. The molecule has 7 heteroatoms. The maximum absolute atomic E-state index is 12.3. The summed E-state index contributed by atoms with van der Waals surface area (Å²) in [4.78, 5) is 55.4. The zero-order valence-corrected chi connectivity index (χ0v) is 17.1. The third-order valence-corrected chi connectivity index (χ3v) is 4.31. The van der Waals surface area contributed by atoms with Gasteiger partial charge in [0, 0.05) is 40.5 Å². The van der Waals surface area contributed by atoms with Gasteiger partial charge in [0.2, 0.25) is 11.8 Å². The van der Waals surface area contributed by atoms with E-state index >= 15 is 0 Å². The maximum atomic E-state index is 12.3. The standard InChI is InChI=1S/C14H18O4.C4H5NO2.C2H6/c1-7-8(2)13(18)11(9(3)12(7)17)14(4,5)6-10(15)16;6-3-1-2-4(7)5-3;1-2/h6H2,1-5H3,(H,15,16);1-2H2,(H,5,6,7);1-2H3. The Morgan fingerprint density at radius 2 is 1.30 bits per heavy atom. The third kappa shape index (κ3) is 6.27. The molecule has 1 aliphatic carbocycles. The summed E-state index contributed by atoms with van der Waals surface area (Å²) < 4.78 is 0. The summed E-state index contributed by atoms with van der Waals surface area (Å²) in [5, 5.41) is 11.0. The van der Waals surface area contributed by atoms with Crippen molar-refractivity contribution in [2.24, 2.45) is 5.41 Å². The number of Topliss-reactive ketones (excluding diaryl/α,β-unsaturated/α-hetero) is 2. The molecular weight excluding hydrogens is 350 g/mol. The van der Waals surface area contributed by atoms with Gasteiger partial charge in [-0.25, -0.2) is 0 Å². The van der Waals surface area contributed by atoms with E-state index in [0.29, 0.717) is 35.1 Å². The molecule has 150 valence electrons. The number of carbonyl (C=O) groups excluding carboxylic acids is 4. The average Bonchev–Trinajstić information content (AvgIpc) is 2.95. The number of allylic oxidation sites excluding steroid dienone is 4. The number of ketones is 2. The Balaban J connectivity index is 0.000000621. The third-order valence-electron chi connectivity index (χ3n) is 4.31. The summed E-state index contributed by atoms with van der Waals surface area (Å²) in [7, 11) is 0. The van der Waals surface area contributed by atoms with Crippen LogP contribution in [0.4, 0.5) is 0 Å². The minimum Gasteiger partial charge on any atom is -0.481 e. The number of amides is 2. The predicted molar refractivity (Wildman–Crippen MR) is 101 cm³/mol. The summed E-state index contributed by atoms with van der Waals surface area (Å²) >= 11 is 0. The Hall–Kier alpha value is -2.57. The first-order chi connectivity index (χ1) is 12.4. The Morgan fingerprint density at radius 1 is 0.889 bits per heavy atom. The largest absolute Gasteiger partial charge is 0.481 e. The second-order valence-corrected chi connectivity index (χ2v) is 6.83. The van der Waals surface area contributed by atoms with E-state index in [1.165, 1.54) is 0 Å². The van der Waals surface area contributed by atoms with Crippen LogP contribution in [-0.2, 0) is 24.0 Å². The summed E-state index contributed by atoms with van der Waals surface area (Å²) in [6.45, 7) is 12.2. The lowest BCUT2D eigenvalue weighted by atomic mass is 9.71. The van der Waals surface area contributed by atoms with Crippen molar-refractivity contribution < 1.29 is 29.1 Å². The topological polar surface area (TPSA) is 118 Å². The SMILES string of the molecule is CC.CC1=C(C)C(=O)C(C(C)(C)CC(=O)O)=C(C)C1=O.O=C1CCC(=O)N1. The molecular formula is C20H29NO6. The minimum atomic E-state index is -0.982. The van der Waals surface area contributed by atoms with E-state index in [-0.39, 0.29) is 29.8 Å². The normalized spacial score (nSPS) is 17.1. The van der Waals surface area contributed by atoms with E-state index in [1.54, 1.807) is 34.6 Å². The van der Waals surface area contributed by atoms with E-state index < -0.39 is 11.4 Å². The number of hydrogen-bond donors (Lipinski definition) is 2. The number of carboxylic acids is 1. The van der Waals surface area contributed by atoms with Crippen LogP contribution in [0, 0.1) is 5.41 Å². The summed E-state index contributed by atoms with van der Waals surface area (Å²) in [5.41, 5.74) is 0.726. The number of carboxylic acid groups (broad SMARTS) is 1. The van der Waals surface area contributed by atoms with Gasteiger partial charge < -0.3 is 5.11 Å². The highest BCUT2D eigenvalue weighted by molar-refractivity contribution is 6.25. The lowest BCUT2D eigenvalue weighted by Gasteiger charge is -2.30. The van der Waals surface area contributed by atoms with Crippen molar-refractivity contribution >= 4 is 29.4 Å². The number of imide groups is 1. The van der Waals surface area contributed by atoms with Gasteiger partial charge in [0.15, 0.2) is 11.6 Å². The van der Waals surface area contributed by atoms with Crippen LogP contribution < -0.4 is 5.32 Å². The second-order valence-electron chi connectivity index (χ2n) is 6.83. The van der Waals surface area contributed by atoms with Crippen molar-refractivity contribution in [2.75, 3.05) is 0 Å². The Kier molecular flexibility index (Phi) is 9.00. The van der Waals surface area contributed by atoms with Gasteiger partial charge in [0.1, 0.15) is 0 Å². The molecule has 0 radical (unpaired) electrons. The van der Waals surface area contributed by atoms with Crippen LogP contribution in [0.1, 0.15) is 67.7 Å². The first-order valence-electron chi connectivity index (χ1n) is 8.91. The molecule has 0 aromatic rings. The molecule has 0 saturated carbocycles. The molecule has 0 aromatic carbocycles. The molecule has 1 heterocycles. The molecule has 2 amide bonds. The Labute approximate surface area is 159 Å². The highest BCUT2D eigenvalue weighted by Gasteiger charge is 2.38. The van der Waals surface area contributed by atoms with Gasteiger partial charge in [-0.2, -0.15) is 0 Å². The van der Waals surface area contributed by atoms with Crippen molar-refractivity contribution in [1.82, 2.24) is 5.32 Å². The number of hydrogen-bond acceptors (Lipinski definition) is 5.